The molecule has 1 aliphatic rings. The molecule has 1 rings (SSSR count). The third-order valence-corrected chi connectivity index (χ3v) is 2.91. The van der Waals surface area contributed by atoms with Crippen molar-refractivity contribution in [2.24, 2.45) is 5.73 Å². The number of rotatable bonds is 4. The first-order chi connectivity index (χ1) is 7.19. The van der Waals surface area contributed by atoms with Crippen molar-refractivity contribution in [2.45, 2.75) is 45.3 Å². The van der Waals surface area contributed by atoms with Crippen molar-refractivity contribution in [1.29, 1.82) is 0 Å². The summed E-state index contributed by atoms with van der Waals surface area (Å²) < 4.78 is 5.53. The second kappa shape index (κ2) is 6.08. The minimum absolute atomic E-state index is 0.0902. The Balaban J connectivity index is 2.33. The summed E-state index contributed by atoms with van der Waals surface area (Å²) in [5.74, 6) is 0.0902. The monoisotopic (exact) mass is 214 g/mol. The van der Waals surface area contributed by atoms with Crippen LogP contribution in [0.1, 0.15) is 33.1 Å². The lowest BCUT2D eigenvalue weighted by molar-refractivity contribution is -0.135. The molecule has 0 aromatic heterocycles. The zero-order chi connectivity index (χ0) is 11.3. The van der Waals surface area contributed by atoms with Crippen molar-refractivity contribution in [1.82, 2.24) is 4.90 Å². The molecule has 4 nitrogen and oxygen atoms in total. The van der Waals surface area contributed by atoms with Crippen LogP contribution in [0.4, 0.5) is 0 Å². The molecule has 15 heavy (non-hydrogen) atoms. The minimum Gasteiger partial charge on any atom is -0.378 e. The number of hydrogen-bond acceptors (Lipinski definition) is 3. The number of ether oxygens (including phenoxy) is 1. The van der Waals surface area contributed by atoms with Gasteiger partial charge in [0.25, 0.3) is 0 Å². The van der Waals surface area contributed by atoms with Gasteiger partial charge in [-0.2, -0.15) is 0 Å². The summed E-state index contributed by atoms with van der Waals surface area (Å²) in [5.41, 5.74) is 5.72. The van der Waals surface area contributed by atoms with Crippen LogP contribution in [0.25, 0.3) is 0 Å². The van der Waals surface area contributed by atoms with E-state index in [1.54, 1.807) is 0 Å². The molecule has 0 aromatic rings. The van der Waals surface area contributed by atoms with E-state index in [4.69, 9.17) is 10.5 Å². The number of carbonyl (C=O) groups is 1. The van der Waals surface area contributed by atoms with Gasteiger partial charge in [0.15, 0.2) is 0 Å². The molecule has 0 unspecified atom stereocenters. The summed E-state index contributed by atoms with van der Waals surface area (Å²) in [6.45, 7) is 6.28. The predicted octanol–water partition coefficient (Wildman–Crippen LogP) is 0.751. The number of amides is 1. The molecular formula is C11H22N2O2. The average molecular weight is 214 g/mol. The molecule has 1 atom stereocenters. The molecule has 0 saturated carbocycles. The van der Waals surface area contributed by atoms with Gasteiger partial charge < -0.3 is 15.4 Å². The molecule has 0 bridgehead atoms. The van der Waals surface area contributed by atoms with Gasteiger partial charge in [0.2, 0.25) is 5.91 Å². The van der Waals surface area contributed by atoms with Crippen LogP contribution in [0.15, 0.2) is 0 Å². The molecule has 88 valence electrons. The zero-order valence-corrected chi connectivity index (χ0v) is 9.74. The van der Waals surface area contributed by atoms with Crippen molar-refractivity contribution >= 4 is 5.91 Å². The van der Waals surface area contributed by atoms with Crippen LogP contribution in [-0.4, -0.2) is 42.6 Å². The third-order valence-electron chi connectivity index (χ3n) is 2.91. The molecule has 2 N–H and O–H groups in total. The Morgan fingerprint density at radius 1 is 1.47 bits per heavy atom. The lowest BCUT2D eigenvalue weighted by atomic mass is 10.1. The van der Waals surface area contributed by atoms with Gasteiger partial charge in [0.05, 0.1) is 12.1 Å². The van der Waals surface area contributed by atoms with Gasteiger partial charge in [-0.15, -0.1) is 0 Å². The fraction of sp³-hybridized carbons (Fsp3) is 0.909. The van der Waals surface area contributed by atoms with Crippen LogP contribution in [0.2, 0.25) is 0 Å². The average Bonchev–Trinajstić information content (AvgIpc) is 2.28. The normalized spacial score (nSPS) is 20.3. The smallest absolute Gasteiger partial charge is 0.239 e. The summed E-state index contributed by atoms with van der Waals surface area (Å²) in [6, 6.07) is -0.325. The van der Waals surface area contributed by atoms with E-state index in [1.165, 1.54) is 0 Å². The van der Waals surface area contributed by atoms with Crippen LogP contribution >= 0.6 is 0 Å². The first-order valence-corrected chi connectivity index (χ1v) is 5.85. The Morgan fingerprint density at radius 2 is 2.07 bits per heavy atom. The van der Waals surface area contributed by atoms with Gasteiger partial charge in [0, 0.05) is 19.7 Å². The third kappa shape index (κ3) is 3.47. The molecule has 1 fully saturated rings. The van der Waals surface area contributed by atoms with Gasteiger partial charge in [0.1, 0.15) is 0 Å². The van der Waals surface area contributed by atoms with Gasteiger partial charge in [-0.25, -0.2) is 0 Å². The first-order valence-electron chi connectivity index (χ1n) is 5.85. The fourth-order valence-electron chi connectivity index (χ4n) is 1.89. The van der Waals surface area contributed by atoms with Crippen molar-refractivity contribution in [3.63, 3.8) is 0 Å². The van der Waals surface area contributed by atoms with E-state index in [0.717, 1.165) is 32.5 Å². The lowest BCUT2D eigenvalue weighted by Crippen LogP contribution is -2.48. The largest absolute Gasteiger partial charge is 0.378 e. The second-order valence-corrected chi connectivity index (χ2v) is 3.99. The van der Waals surface area contributed by atoms with Crippen LogP contribution < -0.4 is 5.73 Å². The Bertz CT molecular complexity index is 201. The van der Waals surface area contributed by atoms with Crippen LogP contribution in [0.3, 0.4) is 0 Å². The maximum absolute atomic E-state index is 11.8. The molecule has 1 heterocycles. The van der Waals surface area contributed by atoms with Crippen molar-refractivity contribution in [2.75, 3.05) is 19.7 Å². The fourth-order valence-corrected chi connectivity index (χ4v) is 1.89. The highest BCUT2D eigenvalue weighted by Crippen LogP contribution is 2.14. The molecule has 1 amide bonds. The van der Waals surface area contributed by atoms with E-state index < -0.39 is 0 Å². The zero-order valence-electron chi connectivity index (χ0n) is 9.74. The van der Waals surface area contributed by atoms with Crippen LogP contribution in [0, 0.1) is 0 Å². The van der Waals surface area contributed by atoms with Crippen molar-refractivity contribution in [3.05, 3.63) is 0 Å². The quantitative estimate of drug-likeness (QED) is 0.751. The summed E-state index contributed by atoms with van der Waals surface area (Å²) in [6.07, 6.45) is 2.92. The second-order valence-electron chi connectivity index (χ2n) is 3.99. The maximum atomic E-state index is 11.8. The summed E-state index contributed by atoms with van der Waals surface area (Å²) >= 11 is 0. The van der Waals surface area contributed by atoms with Gasteiger partial charge in [-0.05, 0) is 26.2 Å². The summed E-state index contributed by atoms with van der Waals surface area (Å²) in [7, 11) is 0. The van der Waals surface area contributed by atoms with Gasteiger partial charge >= 0.3 is 0 Å². The predicted molar refractivity (Wildman–Crippen MR) is 59.5 cm³/mol. The number of likely N-dealkylation sites (tertiary alicyclic amines) is 1. The van der Waals surface area contributed by atoms with Crippen molar-refractivity contribution in [3.8, 4) is 0 Å². The van der Waals surface area contributed by atoms with E-state index in [-0.39, 0.29) is 11.9 Å². The Morgan fingerprint density at radius 3 is 2.53 bits per heavy atom. The topological polar surface area (TPSA) is 55.6 Å². The van der Waals surface area contributed by atoms with Gasteiger partial charge in [-0.3, -0.25) is 4.79 Å². The standard InChI is InChI=1S/C11H22N2O2/c1-3-10(12)11(14)13-7-5-9(6-8-13)15-4-2/h9-10H,3-8,12H2,1-2H3/t10-/m1/s1. The van der Waals surface area contributed by atoms with Crippen molar-refractivity contribution < 1.29 is 9.53 Å². The summed E-state index contributed by atoms with van der Waals surface area (Å²) in [5, 5.41) is 0. The van der Waals surface area contributed by atoms with Crippen LogP contribution in [-0.2, 0) is 9.53 Å². The Labute approximate surface area is 91.8 Å². The first kappa shape index (κ1) is 12.5. The number of nitrogens with zero attached hydrogens (tertiary/aromatic N) is 1. The molecule has 0 aromatic carbocycles. The molecular weight excluding hydrogens is 192 g/mol. The molecule has 1 aliphatic heterocycles. The van der Waals surface area contributed by atoms with E-state index in [1.807, 2.05) is 18.7 Å². The van der Waals surface area contributed by atoms with Crippen LogP contribution in [0.5, 0.6) is 0 Å². The number of piperidine rings is 1. The molecule has 1 saturated heterocycles. The SMILES string of the molecule is CCOC1CCN(C(=O)[C@H](N)CC)CC1. The Kier molecular flexibility index (Phi) is 5.05. The summed E-state index contributed by atoms with van der Waals surface area (Å²) in [4.78, 5) is 13.6. The molecule has 4 heteroatoms. The maximum Gasteiger partial charge on any atom is 0.239 e. The van der Waals surface area contributed by atoms with E-state index >= 15 is 0 Å². The molecule has 0 aliphatic carbocycles. The molecule has 0 spiro atoms. The number of nitrogens with two attached hydrogens (primary N) is 1. The highest BCUT2D eigenvalue weighted by Gasteiger charge is 2.25. The molecule has 0 radical (unpaired) electrons. The highest BCUT2D eigenvalue weighted by atomic mass is 16.5. The Hall–Kier alpha value is -0.610. The van der Waals surface area contributed by atoms with Gasteiger partial charge in [-0.1, -0.05) is 6.92 Å². The number of carbonyl (C=O) groups excluding carboxylic acids is 1. The van der Waals surface area contributed by atoms with E-state index in [0.29, 0.717) is 12.5 Å². The van der Waals surface area contributed by atoms with E-state index in [2.05, 4.69) is 0 Å². The highest BCUT2D eigenvalue weighted by molar-refractivity contribution is 5.81. The number of hydrogen-bond donors (Lipinski definition) is 1. The lowest BCUT2D eigenvalue weighted by Gasteiger charge is -2.33. The minimum atomic E-state index is -0.325. The van der Waals surface area contributed by atoms with E-state index in [9.17, 15) is 4.79 Å².